The Balaban J connectivity index is 2.22. The minimum Gasteiger partial charge on any atom is -0.497 e. The van der Waals surface area contributed by atoms with Gasteiger partial charge in [-0.2, -0.15) is 0 Å². The topological polar surface area (TPSA) is 94.5 Å². The lowest BCUT2D eigenvalue weighted by molar-refractivity contribution is -0.143. The van der Waals surface area contributed by atoms with Gasteiger partial charge in [-0.1, -0.05) is 24.3 Å². The molecule has 1 aliphatic heterocycles. The highest BCUT2D eigenvalue weighted by molar-refractivity contribution is 5.82. The predicted octanol–water partition coefficient (Wildman–Crippen LogP) is 3.63. The highest BCUT2D eigenvalue weighted by atomic mass is 16.6. The van der Waals surface area contributed by atoms with E-state index in [0.717, 1.165) is 4.90 Å². The second-order valence-corrected chi connectivity index (χ2v) is 8.12. The highest BCUT2D eigenvalue weighted by Gasteiger charge is 2.56. The predicted molar refractivity (Wildman–Crippen MR) is 112 cm³/mol. The summed E-state index contributed by atoms with van der Waals surface area (Å²) in [6, 6.07) is 12.6. The Morgan fingerprint density at radius 3 is 1.77 bits per heavy atom. The lowest BCUT2D eigenvalue weighted by Crippen LogP contribution is -2.53. The molecule has 3 rings (SSSR count). The van der Waals surface area contributed by atoms with Gasteiger partial charge in [0.2, 0.25) is 0 Å². The number of aliphatic carboxylic acids is 1. The number of hydrogen-bond acceptors (Lipinski definition) is 6. The third-order valence-corrected chi connectivity index (χ3v) is 4.94. The third kappa shape index (κ3) is 4.29. The zero-order valence-corrected chi connectivity index (χ0v) is 18.2. The monoisotopic (exact) mass is 429 g/mol. The van der Waals surface area contributed by atoms with Crippen molar-refractivity contribution in [1.82, 2.24) is 4.90 Å². The van der Waals surface area contributed by atoms with Crippen molar-refractivity contribution in [3.05, 3.63) is 59.7 Å². The van der Waals surface area contributed by atoms with Crippen molar-refractivity contribution in [2.45, 2.75) is 38.1 Å². The number of carboxylic acids is 1. The fourth-order valence-corrected chi connectivity index (χ4v) is 3.56. The van der Waals surface area contributed by atoms with Crippen LogP contribution in [0.4, 0.5) is 4.79 Å². The quantitative estimate of drug-likeness (QED) is 0.776. The van der Waals surface area contributed by atoms with E-state index < -0.39 is 29.4 Å². The summed E-state index contributed by atoms with van der Waals surface area (Å²) in [7, 11) is 3.10. The van der Waals surface area contributed by atoms with Crippen molar-refractivity contribution < 1.29 is 33.6 Å². The Morgan fingerprint density at radius 2 is 1.42 bits per heavy atom. The van der Waals surface area contributed by atoms with Crippen LogP contribution in [0.1, 0.15) is 31.9 Å². The smallest absolute Gasteiger partial charge is 0.413 e. The first kappa shape index (κ1) is 22.4. The maximum Gasteiger partial charge on any atom is 0.413 e. The fraction of sp³-hybridized carbons (Fsp3) is 0.391. The molecule has 0 radical (unpaired) electrons. The average Bonchev–Trinajstić information content (AvgIpc) is 3.15. The molecule has 1 heterocycles. The van der Waals surface area contributed by atoms with E-state index >= 15 is 0 Å². The summed E-state index contributed by atoms with van der Waals surface area (Å²) in [6.07, 6.45) is -0.788. The zero-order chi connectivity index (χ0) is 22.8. The largest absolute Gasteiger partial charge is 0.497 e. The van der Waals surface area contributed by atoms with E-state index in [1.54, 1.807) is 83.5 Å². The molecule has 1 atom stereocenters. The normalized spacial score (nSPS) is 17.8. The number of amides is 1. The molecule has 2 aromatic rings. The molecule has 1 fully saturated rings. The van der Waals surface area contributed by atoms with Crippen LogP contribution >= 0.6 is 0 Å². The van der Waals surface area contributed by atoms with Crippen LogP contribution in [0.5, 0.6) is 11.5 Å². The number of carbonyl (C=O) groups is 2. The van der Waals surface area contributed by atoms with E-state index in [2.05, 4.69) is 0 Å². The van der Waals surface area contributed by atoms with Gasteiger partial charge in [0.25, 0.3) is 0 Å². The minimum atomic E-state index is -1.51. The Morgan fingerprint density at radius 1 is 0.968 bits per heavy atom. The molecule has 2 aromatic carbocycles. The minimum absolute atomic E-state index is 0.202. The molecular weight excluding hydrogens is 402 g/mol. The maximum absolute atomic E-state index is 13.3. The standard InChI is InChI=1S/C23H27NO7/c1-22(2,3)31-21(27)24-19(20(25)26)14-30-23(24,15-6-10-17(28-4)11-7-15)16-8-12-18(29-5)13-9-16/h6-13,19H,14H2,1-5H3,(H,25,26). The summed E-state index contributed by atoms with van der Waals surface area (Å²) in [5.41, 5.74) is -1.21. The number of carboxylic acid groups (broad SMARTS) is 1. The van der Waals surface area contributed by atoms with E-state index in [9.17, 15) is 14.7 Å². The van der Waals surface area contributed by atoms with Gasteiger partial charge in [-0.3, -0.25) is 4.90 Å². The zero-order valence-electron chi connectivity index (χ0n) is 18.2. The van der Waals surface area contributed by atoms with Gasteiger partial charge < -0.3 is 24.1 Å². The van der Waals surface area contributed by atoms with Crippen molar-refractivity contribution in [1.29, 1.82) is 0 Å². The van der Waals surface area contributed by atoms with Gasteiger partial charge in [0, 0.05) is 11.1 Å². The van der Waals surface area contributed by atoms with Gasteiger partial charge in [0.1, 0.15) is 17.1 Å². The number of carbonyl (C=O) groups excluding carboxylic acids is 1. The summed E-state index contributed by atoms with van der Waals surface area (Å²) < 4.78 is 22.2. The Labute approximate surface area is 181 Å². The number of ether oxygens (including phenoxy) is 4. The molecule has 8 nitrogen and oxygen atoms in total. The molecule has 0 aliphatic carbocycles. The van der Waals surface area contributed by atoms with Gasteiger partial charge in [-0.25, -0.2) is 9.59 Å². The summed E-state index contributed by atoms with van der Waals surface area (Å²) in [5.74, 6) is 0.0465. The Hall–Kier alpha value is -3.26. The van der Waals surface area contributed by atoms with Crippen LogP contribution in [0.15, 0.2) is 48.5 Å². The van der Waals surface area contributed by atoms with Gasteiger partial charge in [-0.15, -0.1) is 0 Å². The lowest BCUT2D eigenvalue weighted by atomic mass is 9.92. The molecule has 1 amide bonds. The summed E-state index contributed by atoms with van der Waals surface area (Å²) >= 11 is 0. The summed E-state index contributed by atoms with van der Waals surface area (Å²) in [6.45, 7) is 4.97. The molecular formula is C23H27NO7. The molecule has 0 bridgehead atoms. The van der Waals surface area contributed by atoms with E-state index in [1.807, 2.05) is 0 Å². The number of rotatable bonds is 5. The lowest BCUT2D eigenvalue weighted by Gasteiger charge is -2.39. The maximum atomic E-state index is 13.3. The summed E-state index contributed by atoms with van der Waals surface area (Å²) in [5, 5.41) is 9.85. The molecule has 1 saturated heterocycles. The first-order valence-corrected chi connectivity index (χ1v) is 9.80. The SMILES string of the molecule is COc1ccc(C2(c3ccc(OC)cc3)OCC(C(=O)O)N2C(=O)OC(C)(C)C)cc1. The van der Waals surface area contributed by atoms with Crippen LogP contribution in [0.25, 0.3) is 0 Å². The molecule has 0 spiro atoms. The van der Waals surface area contributed by atoms with E-state index in [1.165, 1.54) is 0 Å². The van der Waals surface area contributed by atoms with Crippen molar-refractivity contribution in [3.63, 3.8) is 0 Å². The number of hydrogen-bond donors (Lipinski definition) is 1. The first-order valence-electron chi connectivity index (χ1n) is 9.80. The van der Waals surface area contributed by atoms with Crippen LogP contribution in [-0.4, -0.2) is 54.5 Å². The van der Waals surface area contributed by atoms with Crippen LogP contribution in [-0.2, 0) is 20.0 Å². The second kappa shape index (κ2) is 8.47. The van der Waals surface area contributed by atoms with Crippen LogP contribution in [0.2, 0.25) is 0 Å². The molecule has 1 aliphatic rings. The number of methoxy groups -OCH3 is 2. The average molecular weight is 429 g/mol. The molecule has 1 N–H and O–H groups in total. The second-order valence-electron chi connectivity index (χ2n) is 8.12. The van der Waals surface area contributed by atoms with Gasteiger partial charge in [0.15, 0.2) is 11.8 Å². The fourth-order valence-electron chi connectivity index (χ4n) is 3.56. The molecule has 0 saturated carbocycles. The van der Waals surface area contributed by atoms with Crippen molar-refractivity contribution in [3.8, 4) is 11.5 Å². The van der Waals surface area contributed by atoms with E-state index in [0.29, 0.717) is 22.6 Å². The third-order valence-electron chi connectivity index (χ3n) is 4.94. The van der Waals surface area contributed by atoms with Crippen LogP contribution in [0.3, 0.4) is 0 Å². The molecule has 31 heavy (non-hydrogen) atoms. The van der Waals surface area contributed by atoms with Crippen molar-refractivity contribution in [2.24, 2.45) is 0 Å². The van der Waals surface area contributed by atoms with E-state index in [4.69, 9.17) is 18.9 Å². The van der Waals surface area contributed by atoms with Crippen molar-refractivity contribution >= 4 is 12.1 Å². The summed E-state index contributed by atoms with van der Waals surface area (Å²) in [4.78, 5) is 26.5. The Kier molecular flexibility index (Phi) is 6.13. The van der Waals surface area contributed by atoms with Crippen LogP contribution < -0.4 is 9.47 Å². The molecule has 8 heteroatoms. The molecule has 0 aromatic heterocycles. The molecule has 1 unspecified atom stereocenters. The number of benzene rings is 2. The van der Waals surface area contributed by atoms with Gasteiger partial charge in [-0.05, 0) is 45.0 Å². The van der Waals surface area contributed by atoms with Gasteiger partial charge >= 0.3 is 12.1 Å². The van der Waals surface area contributed by atoms with Crippen LogP contribution in [0, 0.1) is 0 Å². The Bertz CT molecular complexity index is 884. The highest BCUT2D eigenvalue weighted by Crippen LogP contribution is 2.45. The molecule has 166 valence electrons. The first-order chi connectivity index (χ1) is 14.6. The number of nitrogens with zero attached hydrogens (tertiary/aromatic N) is 1. The van der Waals surface area contributed by atoms with Crippen molar-refractivity contribution in [2.75, 3.05) is 20.8 Å². The van der Waals surface area contributed by atoms with E-state index in [-0.39, 0.29) is 6.61 Å². The van der Waals surface area contributed by atoms with Gasteiger partial charge in [0.05, 0.1) is 20.8 Å².